The summed E-state index contributed by atoms with van der Waals surface area (Å²) in [5.74, 6) is -0.251. The summed E-state index contributed by atoms with van der Waals surface area (Å²) in [6.45, 7) is 0. The van der Waals surface area contributed by atoms with Crippen LogP contribution < -0.4 is 11.1 Å². The normalized spacial score (nSPS) is 25.3. The maximum absolute atomic E-state index is 11.7. The Morgan fingerprint density at radius 2 is 2.31 bits per heavy atom. The molecule has 6 heteroatoms. The standard InChI is InChI=1S/C10H15N3O2S/c11-10-13-7(5-16-10)9(15)12-6-3-1-2-4-8(6)14/h5-6,8,14H,1-4H2,(H2,11,13)(H,12,15)/t6-,8-/m1/s1. The first-order chi connectivity index (χ1) is 7.66. The number of nitrogens with two attached hydrogens (primary N) is 1. The van der Waals surface area contributed by atoms with E-state index in [1.807, 2.05) is 0 Å². The summed E-state index contributed by atoms with van der Waals surface area (Å²) in [6, 6.07) is -0.149. The van der Waals surface area contributed by atoms with Crippen molar-refractivity contribution in [3.63, 3.8) is 0 Å². The van der Waals surface area contributed by atoms with Gasteiger partial charge in [-0.2, -0.15) is 0 Å². The smallest absolute Gasteiger partial charge is 0.271 e. The Bertz CT molecular complexity index is 380. The second kappa shape index (κ2) is 4.80. The number of hydrogen-bond acceptors (Lipinski definition) is 5. The lowest BCUT2D eigenvalue weighted by Gasteiger charge is -2.27. The SMILES string of the molecule is Nc1nc(C(=O)N[C@@H]2CCCC[C@H]2O)cs1. The molecule has 88 valence electrons. The van der Waals surface area contributed by atoms with Crippen molar-refractivity contribution in [1.29, 1.82) is 0 Å². The Balaban J connectivity index is 1.96. The number of aromatic nitrogens is 1. The number of carbonyl (C=O) groups is 1. The van der Waals surface area contributed by atoms with E-state index in [0.29, 0.717) is 10.8 Å². The van der Waals surface area contributed by atoms with E-state index in [-0.39, 0.29) is 11.9 Å². The molecule has 4 N–H and O–H groups in total. The van der Waals surface area contributed by atoms with Gasteiger partial charge in [-0.05, 0) is 12.8 Å². The minimum Gasteiger partial charge on any atom is -0.391 e. The zero-order valence-corrected chi connectivity index (χ0v) is 9.67. The van der Waals surface area contributed by atoms with Gasteiger partial charge in [-0.1, -0.05) is 12.8 Å². The molecule has 0 bridgehead atoms. The van der Waals surface area contributed by atoms with E-state index in [2.05, 4.69) is 10.3 Å². The lowest BCUT2D eigenvalue weighted by Crippen LogP contribution is -2.45. The fourth-order valence-corrected chi connectivity index (χ4v) is 2.46. The van der Waals surface area contributed by atoms with Crippen LogP contribution in [-0.2, 0) is 0 Å². The lowest BCUT2D eigenvalue weighted by molar-refractivity contribution is 0.0714. The molecule has 1 amide bonds. The summed E-state index contributed by atoms with van der Waals surface area (Å²) in [4.78, 5) is 15.6. The summed E-state index contributed by atoms with van der Waals surface area (Å²) < 4.78 is 0. The third-order valence-electron chi connectivity index (χ3n) is 2.80. The number of thiazole rings is 1. The molecule has 0 radical (unpaired) electrons. The number of aliphatic hydroxyl groups is 1. The molecule has 1 fully saturated rings. The fourth-order valence-electron chi connectivity index (χ4n) is 1.91. The van der Waals surface area contributed by atoms with Crippen molar-refractivity contribution in [3.05, 3.63) is 11.1 Å². The number of aliphatic hydroxyl groups excluding tert-OH is 1. The van der Waals surface area contributed by atoms with Gasteiger partial charge in [0, 0.05) is 5.38 Å². The predicted octanol–water partition coefficient (Wildman–Crippen LogP) is 0.759. The van der Waals surface area contributed by atoms with E-state index in [1.165, 1.54) is 11.3 Å². The molecule has 1 aromatic rings. The summed E-state index contributed by atoms with van der Waals surface area (Å²) >= 11 is 1.24. The molecule has 0 saturated heterocycles. The number of nitrogens with zero attached hydrogens (tertiary/aromatic N) is 1. The third kappa shape index (κ3) is 2.51. The van der Waals surface area contributed by atoms with Gasteiger partial charge in [0.2, 0.25) is 0 Å². The number of nitrogens with one attached hydrogen (secondary N) is 1. The minimum absolute atomic E-state index is 0.149. The predicted molar refractivity (Wildman–Crippen MR) is 62.3 cm³/mol. The molecule has 0 unspecified atom stereocenters. The van der Waals surface area contributed by atoms with Gasteiger partial charge in [0.15, 0.2) is 5.13 Å². The highest BCUT2D eigenvalue weighted by atomic mass is 32.1. The quantitative estimate of drug-likeness (QED) is 0.713. The van der Waals surface area contributed by atoms with Crippen molar-refractivity contribution < 1.29 is 9.90 Å². The van der Waals surface area contributed by atoms with Crippen molar-refractivity contribution in [2.24, 2.45) is 0 Å². The molecule has 1 aliphatic carbocycles. The highest BCUT2D eigenvalue weighted by Crippen LogP contribution is 2.19. The van der Waals surface area contributed by atoms with Gasteiger partial charge < -0.3 is 16.2 Å². The van der Waals surface area contributed by atoms with Crippen LogP contribution in [0.2, 0.25) is 0 Å². The number of hydrogen-bond donors (Lipinski definition) is 3. The molecule has 0 aromatic carbocycles. The van der Waals surface area contributed by atoms with E-state index in [1.54, 1.807) is 5.38 Å². The van der Waals surface area contributed by atoms with E-state index in [4.69, 9.17) is 5.73 Å². The van der Waals surface area contributed by atoms with Gasteiger partial charge >= 0.3 is 0 Å². The average molecular weight is 241 g/mol. The van der Waals surface area contributed by atoms with Crippen LogP contribution in [0.3, 0.4) is 0 Å². The fraction of sp³-hybridized carbons (Fsp3) is 0.600. The van der Waals surface area contributed by atoms with Crippen molar-refractivity contribution in [1.82, 2.24) is 10.3 Å². The van der Waals surface area contributed by atoms with Gasteiger partial charge in [-0.25, -0.2) is 4.98 Å². The van der Waals surface area contributed by atoms with Crippen molar-refractivity contribution in [2.45, 2.75) is 37.8 Å². The highest BCUT2D eigenvalue weighted by molar-refractivity contribution is 7.13. The van der Waals surface area contributed by atoms with Gasteiger partial charge in [0.05, 0.1) is 12.1 Å². The van der Waals surface area contributed by atoms with E-state index in [0.717, 1.165) is 25.7 Å². The molecule has 0 spiro atoms. The van der Waals surface area contributed by atoms with Crippen molar-refractivity contribution in [2.75, 3.05) is 5.73 Å². The molecule has 0 aliphatic heterocycles. The van der Waals surface area contributed by atoms with Gasteiger partial charge in [-0.3, -0.25) is 4.79 Å². The van der Waals surface area contributed by atoms with Crippen LogP contribution >= 0.6 is 11.3 Å². The summed E-state index contributed by atoms with van der Waals surface area (Å²) in [5.41, 5.74) is 5.79. The van der Waals surface area contributed by atoms with E-state index >= 15 is 0 Å². The summed E-state index contributed by atoms with van der Waals surface area (Å²) in [5, 5.41) is 14.5. The number of nitrogen functional groups attached to an aromatic ring is 1. The number of amides is 1. The molecule has 16 heavy (non-hydrogen) atoms. The molecule has 2 atom stereocenters. The highest BCUT2D eigenvalue weighted by Gasteiger charge is 2.25. The van der Waals surface area contributed by atoms with Crippen LogP contribution in [0.15, 0.2) is 5.38 Å². The van der Waals surface area contributed by atoms with E-state index < -0.39 is 6.10 Å². The Morgan fingerprint density at radius 3 is 2.94 bits per heavy atom. The molecular weight excluding hydrogens is 226 g/mol. The third-order valence-corrected chi connectivity index (χ3v) is 3.47. The van der Waals surface area contributed by atoms with Crippen molar-refractivity contribution >= 4 is 22.4 Å². The maximum Gasteiger partial charge on any atom is 0.271 e. The Kier molecular flexibility index (Phi) is 3.40. The minimum atomic E-state index is -0.436. The van der Waals surface area contributed by atoms with Crippen molar-refractivity contribution in [3.8, 4) is 0 Å². The average Bonchev–Trinajstić information content (AvgIpc) is 2.68. The molecular formula is C10H15N3O2S. The van der Waals surface area contributed by atoms with Crippen LogP contribution in [0.4, 0.5) is 5.13 Å². The summed E-state index contributed by atoms with van der Waals surface area (Å²) in [6.07, 6.45) is 3.21. The first kappa shape index (κ1) is 11.3. The summed E-state index contributed by atoms with van der Waals surface area (Å²) in [7, 11) is 0. The van der Waals surface area contributed by atoms with Crippen LogP contribution in [0, 0.1) is 0 Å². The molecule has 1 heterocycles. The zero-order valence-electron chi connectivity index (χ0n) is 8.85. The number of carbonyl (C=O) groups excluding carboxylic acids is 1. The second-order valence-electron chi connectivity index (χ2n) is 4.00. The topological polar surface area (TPSA) is 88.2 Å². The monoisotopic (exact) mass is 241 g/mol. The van der Waals surface area contributed by atoms with Gasteiger partial charge in [-0.15, -0.1) is 11.3 Å². The Hall–Kier alpha value is -1.14. The number of anilines is 1. The lowest BCUT2D eigenvalue weighted by atomic mass is 9.92. The van der Waals surface area contributed by atoms with Crippen LogP contribution in [0.5, 0.6) is 0 Å². The first-order valence-electron chi connectivity index (χ1n) is 5.37. The van der Waals surface area contributed by atoms with Crippen LogP contribution in [-0.4, -0.2) is 28.1 Å². The molecule has 1 aliphatic rings. The second-order valence-corrected chi connectivity index (χ2v) is 4.89. The molecule has 5 nitrogen and oxygen atoms in total. The number of rotatable bonds is 2. The van der Waals surface area contributed by atoms with Gasteiger partial charge in [0.25, 0.3) is 5.91 Å². The zero-order chi connectivity index (χ0) is 11.5. The van der Waals surface area contributed by atoms with Crippen LogP contribution in [0.1, 0.15) is 36.2 Å². The molecule has 1 saturated carbocycles. The molecule has 2 rings (SSSR count). The maximum atomic E-state index is 11.7. The largest absolute Gasteiger partial charge is 0.391 e. The van der Waals surface area contributed by atoms with Gasteiger partial charge in [0.1, 0.15) is 5.69 Å². The molecule has 1 aromatic heterocycles. The van der Waals surface area contributed by atoms with Crippen LogP contribution in [0.25, 0.3) is 0 Å². The van der Waals surface area contributed by atoms with E-state index in [9.17, 15) is 9.90 Å². The Morgan fingerprint density at radius 1 is 1.56 bits per heavy atom. The Labute approximate surface area is 97.7 Å². The first-order valence-corrected chi connectivity index (χ1v) is 6.24.